The van der Waals surface area contributed by atoms with Gasteiger partial charge in [-0.2, -0.15) is 0 Å². The molecule has 3 nitrogen and oxygen atoms in total. The van der Waals surface area contributed by atoms with E-state index in [1.165, 1.54) is 64.7 Å². The molecule has 1 rings (SSSR count). The maximum absolute atomic E-state index is 3.51. The second-order valence-electron chi connectivity index (χ2n) is 5.11. The Hall–Kier alpha value is -0.120. The van der Waals surface area contributed by atoms with E-state index < -0.39 is 0 Å². The van der Waals surface area contributed by atoms with Crippen molar-refractivity contribution in [2.24, 2.45) is 0 Å². The van der Waals surface area contributed by atoms with Crippen LogP contribution in [0.3, 0.4) is 0 Å². The Morgan fingerprint density at radius 2 is 1.47 bits per heavy atom. The maximum Gasteiger partial charge on any atom is 0.00767 e. The zero-order chi connectivity index (χ0) is 12.2. The highest BCUT2D eigenvalue weighted by atomic mass is 15.1. The van der Waals surface area contributed by atoms with Crippen molar-refractivity contribution < 1.29 is 0 Å². The van der Waals surface area contributed by atoms with Crippen molar-refractivity contribution in [1.82, 2.24) is 15.5 Å². The lowest BCUT2D eigenvalue weighted by molar-refractivity contribution is 0.280. The lowest BCUT2D eigenvalue weighted by Gasteiger charge is -2.19. The van der Waals surface area contributed by atoms with Crippen LogP contribution < -0.4 is 10.6 Å². The van der Waals surface area contributed by atoms with Gasteiger partial charge >= 0.3 is 0 Å². The number of likely N-dealkylation sites (tertiary alicyclic amines) is 1. The molecule has 1 heterocycles. The molecule has 3 heteroatoms. The van der Waals surface area contributed by atoms with Crippen LogP contribution in [-0.4, -0.2) is 50.7 Å². The molecule has 1 aliphatic heterocycles. The third-order valence-corrected chi connectivity index (χ3v) is 3.43. The summed E-state index contributed by atoms with van der Waals surface area (Å²) >= 11 is 0. The minimum atomic E-state index is 1.11. The van der Waals surface area contributed by atoms with Gasteiger partial charge in [-0.1, -0.05) is 19.8 Å². The van der Waals surface area contributed by atoms with Gasteiger partial charge in [-0.05, 0) is 58.4 Å². The van der Waals surface area contributed by atoms with Crippen LogP contribution in [-0.2, 0) is 0 Å². The third-order valence-electron chi connectivity index (χ3n) is 3.43. The molecular weight excluding hydrogens is 210 g/mol. The summed E-state index contributed by atoms with van der Waals surface area (Å²) in [4.78, 5) is 2.64. The Balaban J connectivity index is 1.82. The van der Waals surface area contributed by atoms with Crippen LogP contribution in [0.2, 0.25) is 0 Å². The summed E-state index contributed by atoms with van der Waals surface area (Å²) in [5.74, 6) is 0. The van der Waals surface area contributed by atoms with Gasteiger partial charge in [0.2, 0.25) is 0 Å². The molecule has 102 valence electrons. The molecular formula is C14H31N3. The highest BCUT2D eigenvalue weighted by molar-refractivity contribution is 4.64. The molecule has 0 aromatic carbocycles. The van der Waals surface area contributed by atoms with E-state index in [0.717, 1.165) is 19.6 Å². The van der Waals surface area contributed by atoms with E-state index in [2.05, 4.69) is 22.5 Å². The quantitative estimate of drug-likeness (QED) is 0.603. The fourth-order valence-corrected chi connectivity index (χ4v) is 2.39. The highest BCUT2D eigenvalue weighted by Crippen LogP contribution is 2.09. The smallest absolute Gasteiger partial charge is 0.00767 e. The van der Waals surface area contributed by atoms with Crippen LogP contribution in [0, 0.1) is 0 Å². The van der Waals surface area contributed by atoms with Gasteiger partial charge in [-0.25, -0.2) is 0 Å². The molecule has 0 saturated carbocycles. The standard InChI is InChI=1S/C14H31N3/c1-2-8-15-10-11-16-9-7-14-17-12-5-3-4-6-13-17/h15-16H,2-14H2,1H3. The normalized spacial score (nSPS) is 18.2. The Labute approximate surface area is 107 Å². The van der Waals surface area contributed by atoms with Crippen molar-refractivity contribution in [2.45, 2.75) is 45.4 Å². The molecule has 0 aromatic heterocycles. The second-order valence-corrected chi connectivity index (χ2v) is 5.11. The molecule has 0 spiro atoms. The van der Waals surface area contributed by atoms with Crippen molar-refractivity contribution in [3.63, 3.8) is 0 Å². The molecule has 0 aliphatic carbocycles. The van der Waals surface area contributed by atoms with E-state index in [4.69, 9.17) is 0 Å². The van der Waals surface area contributed by atoms with Crippen molar-refractivity contribution in [1.29, 1.82) is 0 Å². The van der Waals surface area contributed by atoms with E-state index >= 15 is 0 Å². The molecule has 1 fully saturated rings. The van der Waals surface area contributed by atoms with Gasteiger partial charge in [-0.15, -0.1) is 0 Å². The van der Waals surface area contributed by atoms with Crippen LogP contribution in [0.5, 0.6) is 0 Å². The SMILES string of the molecule is CCCNCCNCCCN1CCCCCC1. The van der Waals surface area contributed by atoms with Crippen molar-refractivity contribution >= 4 is 0 Å². The van der Waals surface area contributed by atoms with Crippen LogP contribution in [0.1, 0.15) is 45.4 Å². The average molecular weight is 241 g/mol. The summed E-state index contributed by atoms with van der Waals surface area (Å²) in [6.07, 6.45) is 8.24. The number of nitrogens with zero attached hydrogens (tertiary/aromatic N) is 1. The van der Waals surface area contributed by atoms with E-state index in [9.17, 15) is 0 Å². The summed E-state index contributed by atoms with van der Waals surface area (Å²) in [5.41, 5.74) is 0. The minimum absolute atomic E-state index is 1.11. The number of hydrogen-bond donors (Lipinski definition) is 2. The Bertz CT molecular complexity index is 154. The average Bonchev–Trinajstić information content (AvgIpc) is 2.61. The van der Waals surface area contributed by atoms with Gasteiger partial charge in [0.15, 0.2) is 0 Å². The first kappa shape index (κ1) is 14.9. The van der Waals surface area contributed by atoms with Crippen LogP contribution in [0.25, 0.3) is 0 Å². The van der Waals surface area contributed by atoms with E-state index in [1.54, 1.807) is 0 Å². The first-order valence-corrected chi connectivity index (χ1v) is 7.57. The van der Waals surface area contributed by atoms with Crippen molar-refractivity contribution in [3.05, 3.63) is 0 Å². The monoisotopic (exact) mass is 241 g/mol. The summed E-state index contributed by atoms with van der Waals surface area (Å²) in [6.45, 7) is 10.7. The predicted octanol–water partition coefficient (Wildman–Crippen LogP) is 1.84. The predicted molar refractivity (Wildman–Crippen MR) is 75.6 cm³/mol. The van der Waals surface area contributed by atoms with Crippen LogP contribution >= 0.6 is 0 Å². The molecule has 1 saturated heterocycles. The topological polar surface area (TPSA) is 27.3 Å². The summed E-state index contributed by atoms with van der Waals surface area (Å²) in [5, 5.41) is 6.92. The maximum atomic E-state index is 3.51. The third kappa shape index (κ3) is 8.58. The molecule has 2 N–H and O–H groups in total. The van der Waals surface area contributed by atoms with Gasteiger partial charge in [0.1, 0.15) is 0 Å². The van der Waals surface area contributed by atoms with E-state index in [0.29, 0.717) is 0 Å². The minimum Gasteiger partial charge on any atom is -0.315 e. The Kier molecular flexibility index (Phi) is 9.66. The molecule has 0 bridgehead atoms. The van der Waals surface area contributed by atoms with Gasteiger partial charge < -0.3 is 15.5 Å². The first-order chi connectivity index (χ1) is 8.43. The number of hydrogen-bond acceptors (Lipinski definition) is 3. The molecule has 0 radical (unpaired) electrons. The molecule has 17 heavy (non-hydrogen) atoms. The van der Waals surface area contributed by atoms with Crippen molar-refractivity contribution in [2.75, 3.05) is 45.8 Å². The molecule has 0 amide bonds. The van der Waals surface area contributed by atoms with Crippen molar-refractivity contribution in [3.8, 4) is 0 Å². The largest absolute Gasteiger partial charge is 0.315 e. The van der Waals surface area contributed by atoms with E-state index in [1.807, 2.05) is 0 Å². The Morgan fingerprint density at radius 3 is 2.12 bits per heavy atom. The molecule has 0 atom stereocenters. The summed E-state index contributed by atoms with van der Waals surface area (Å²) < 4.78 is 0. The fourth-order valence-electron chi connectivity index (χ4n) is 2.39. The van der Waals surface area contributed by atoms with E-state index in [-0.39, 0.29) is 0 Å². The van der Waals surface area contributed by atoms with Crippen LogP contribution in [0.15, 0.2) is 0 Å². The van der Waals surface area contributed by atoms with Gasteiger partial charge in [0.25, 0.3) is 0 Å². The molecule has 0 unspecified atom stereocenters. The zero-order valence-electron chi connectivity index (χ0n) is 11.6. The number of nitrogens with one attached hydrogen (secondary N) is 2. The lowest BCUT2D eigenvalue weighted by Crippen LogP contribution is -2.31. The highest BCUT2D eigenvalue weighted by Gasteiger charge is 2.07. The molecule has 1 aliphatic rings. The lowest BCUT2D eigenvalue weighted by atomic mass is 10.2. The Morgan fingerprint density at radius 1 is 0.824 bits per heavy atom. The molecule has 0 aromatic rings. The fraction of sp³-hybridized carbons (Fsp3) is 1.00. The van der Waals surface area contributed by atoms with Gasteiger partial charge in [-0.3, -0.25) is 0 Å². The second kappa shape index (κ2) is 11.0. The zero-order valence-corrected chi connectivity index (χ0v) is 11.6. The van der Waals surface area contributed by atoms with Gasteiger partial charge in [0, 0.05) is 13.1 Å². The number of rotatable bonds is 9. The summed E-state index contributed by atoms with van der Waals surface area (Å²) in [7, 11) is 0. The summed E-state index contributed by atoms with van der Waals surface area (Å²) in [6, 6.07) is 0. The van der Waals surface area contributed by atoms with Crippen LogP contribution in [0.4, 0.5) is 0 Å². The first-order valence-electron chi connectivity index (χ1n) is 7.57. The van der Waals surface area contributed by atoms with Gasteiger partial charge in [0.05, 0.1) is 0 Å².